The molecule has 1 aromatic carbocycles. The molecule has 1 aliphatic rings. The van der Waals surface area contributed by atoms with Crippen molar-refractivity contribution in [3.63, 3.8) is 0 Å². The van der Waals surface area contributed by atoms with Crippen LogP contribution in [-0.4, -0.2) is 6.61 Å². The predicted molar refractivity (Wildman–Crippen MR) is 58.9 cm³/mol. The van der Waals surface area contributed by atoms with Gasteiger partial charge in [-0.2, -0.15) is 0 Å². The highest BCUT2D eigenvalue weighted by Gasteiger charge is 2.28. The van der Waals surface area contributed by atoms with Gasteiger partial charge in [-0.3, -0.25) is 0 Å². The maximum absolute atomic E-state index is 5.77. The van der Waals surface area contributed by atoms with E-state index in [4.69, 9.17) is 4.74 Å². The summed E-state index contributed by atoms with van der Waals surface area (Å²) in [5.41, 5.74) is 2.85. The van der Waals surface area contributed by atoms with Crippen LogP contribution in [0.3, 0.4) is 0 Å². The van der Waals surface area contributed by atoms with Gasteiger partial charge in [-0.1, -0.05) is 19.1 Å². The van der Waals surface area contributed by atoms with Crippen LogP contribution in [0, 0.1) is 6.92 Å². The molecule has 0 N–H and O–H groups in total. The minimum atomic E-state index is 0.781. The van der Waals surface area contributed by atoms with Gasteiger partial charge < -0.3 is 4.74 Å². The zero-order chi connectivity index (χ0) is 9.97. The van der Waals surface area contributed by atoms with Crippen LogP contribution in [0.1, 0.15) is 43.2 Å². The molecule has 1 heteroatoms. The molecule has 1 nitrogen and oxygen atoms in total. The monoisotopic (exact) mass is 190 g/mol. The molecule has 2 rings (SSSR count). The second-order valence-corrected chi connectivity index (χ2v) is 4.11. The molecule has 1 fully saturated rings. The molecule has 76 valence electrons. The van der Waals surface area contributed by atoms with E-state index < -0.39 is 0 Å². The van der Waals surface area contributed by atoms with E-state index in [1.807, 2.05) is 0 Å². The molecule has 0 unspecified atom stereocenters. The molecule has 1 saturated carbocycles. The lowest BCUT2D eigenvalue weighted by Crippen LogP contribution is -1.99. The van der Waals surface area contributed by atoms with E-state index in [-0.39, 0.29) is 0 Å². The SMILES string of the molecule is CCCOc1cccc(C)c1C1CC1. The molecule has 0 amide bonds. The summed E-state index contributed by atoms with van der Waals surface area (Å²) in [6, 6.07) is 6.38. The van der Waals surface area contributed by atoms with E-state index in [1.54, 1.807) is 0 Å². The van der Waals surface area contributed by atoms with Gasteiger partial charge in [0.05, 0.1) is 6.61 Å². The summed E-state index contributed by atoms with van der Waals surface area (Å²) >= 11 is 0. The van der Waals surface area contributed by atoms with Crippen LogP contribution in [0.2, 0.25) is 0 Å². The highest BCUT2D eigenvalue weighted by Crippen LogP contribution is 2.45. The molecule has 14 heavy (non-hydrogen) atoms. The molecule has 0 atom stereocenters. The Morgan fingerprint density at radius 3 is 2.79 bits per heavy atom. The first kappa shape index (κ1) is 9.57. The number of hydrogen-bond acceptors (Lipinski definition) is 1. The molecule has 0 radical (unpaired) electrons. The summed E-state index contributed by atoms with van der Waals surface area (Å²) < 4.78 is 5.77. The number of hydrogen-bond donors (Lipinski definition) is 0. The zero-order valence-electron chi connectivity index (χ0n) is 9.05. The van der Waals surface area contributed by atoms with Gasteiger partial charge in [-0.05, 0) is 43.7 Å². The molecule has 0 aliphatic heterocycles. The fourth-order valence-corrected chi connectivity index (χ4v) is 1.89. The van der Waals surface area contributed by atoms with Crippen LogP contribution >= 0.6 is 0 Å². The molecular formula is C13H18O. The Morgan fingerprint density at radius 2 is 2.14 bits per heavy atom. The average Bonchev–Trinajstić information content (AvgIpc) is 2.98. The number of benzene rings is 1. The largest absolute Gasteiger partial charge is 0.493 e. The van der Waals surface area contributed by atoms with Gasteiger partial charge >= 0.3 is 0 Å². The maximum atomic E-state index is 5.77. The number of ether oxygens (including phenoxy) is 1. The molecule has 0 heterocycles. The van der Waals surface area contributed by atoms with E-state index in [0.717, 1.165) is 24.7 Å². The molecule has 1 aliphatic carbocycles. The Morgan fingerprint density at radius 1 is 1.36 bits per heavy atom. The van der Waals surface area contributed by atoms with Gasteiger partial charge in [0, 0.05) is 5.56 Å². The summed E-state index contributed by atoms with van der Waals surface area (Å²) in [4.78, 5) is 0. The van der Waals surface area contributed by atoms with Crippen molar-refractivity contribution < 1.29 is 4.74 Å². The van der Waals surface area contributed by atoms with E-state index in [2.05, 4.69) is 32.0 Å². The molecule has 0 bridgehead atoms. The van der Waals surface area contributed by atoms with Gasteiger partial charge in [0.25, 0.3) is 0 Å². The minimum Gasteiger partial charge on any atom is -0.493 e. The van der Waals surface area contributed by atoms with Crippen molar-refractivity contribution in [2.75, 3.05) is 6.61 Å². The quantitative estimate of drug-likeness (QED) is 0.704. The second kappa shape index (κ2) is 4.04. The van der Waals surface area contributed by atoms with E-state index in [0.29, 0.717) is 0 Å². The first-order valence-corrected chi connectivity index (χ1v) is 5.55. The van der Waals surface area contributed by atoms with Gasteiger partial charge in [0.1, 0.15) is 5.75 Å². The first-order valence-electron chi connectivity index (χ1n) is 5.55. The third-order valence-corrected chi connectivity index (χ3v) is 2.73. The van der Waals surface area contributed by atoms with Crippen molar-refractivity contribution in [1.29, 1.82) is 0 Å². The lowest BCUT2D eigenvalue weighted by molar-refractivity contribution is 0.314. The van der Waals surface area contributed by atoms with Crippen molar-refractivity contribution in [2.45, 2.75) is 39.0 Å². The van der Waals surface area contributed by atoms with Crippen LogP contribution < -0.4 is 4.74 Å². The van der Waals surface area contributed by atoms with Crippen LogP contribution in [-0.2, 0) is 0 Å². The topological polar surface area (TPSA) is 9.23 Å². The summed E-state index contributed by atoms with van der Waals surface area (Å²) in [6.07, 6.45) is 3.76. The Balaban J connectivity index is 2.23. The summed E-state index contributed by atoms with van der Waals surface area (Å²) in [5.74, 6) is 1.90. The summed E-state index contributed by atoms with van der Waals surface area (Å²) in [6.45, 7) is 5.17. The Hall–Kier alpha value is -0.980. The third-order valence-electron chi connectivity index (χ3n) is 2.73. The normalized spacial score (nSPS) is 15.6. The average molecular weight is 190 g/mol. The molecule has 0 spiro atoms. The number of rotatable bonds is 4. The van der Waals surface area contributed by atoms with E-state index in [9.17, 15) is 0 Å². The third kappa shape index (κ3) is 1.92. The van der Waals surface area contributed by atoms with Crippen molar-refractivity contribution in [3.05, 3.63) is 29.3 Å². The summed E-state index contributed by atoms with van der Waals surface area (Å²) in [7, 11) is 0. The highest BCUT2D eigenvalue weighted by molar-refractivity contribution is 5.44. The second-order valence-electron chi connectivity index (χ2n) is 4.11. The van der Waals surface area contributed by atoms with Crippen LogP contribution in [0.5, 0.6) is 5.75 Å². The fourth-order valence-electron chi connectivity index (χ4n) is 1.89. The van der Waals surface area contributed by atoms with Crippen LogP contribution in [0.15, 0.2) is 18.2 Å². The minimum absolute atomic E-state index is 0.781. The smallest absolute Gasteiger partial charge is 0.123 e. The molecule has 0 aromatic heterocycles. The standard InChI is InChI=1S/C13H18O/c1-3-9-14-12-6-4-5-10(2)13(12)11-7-8-11/h4-6,11H,3,7-9H2,1-2H3. The van der Waals surface area contributed by atoms with Gasteiger partial charge in [-0.15, -0.1) is 0 Å². The fraction of sp³-hybridized carbons (Fsp3) is 0.538. The Labute approximate surface area is 86.1 Å². The van der Waals surface area contributed by atoms with Crippen molar-refractivity contribution in [1.82, 2.24) is 0 Å². The van der Waals surface area contributed by atoms with Crippen molar-refractivity contribution in [3.8, 4) is 5.75 Å². The van der Waals surface area contributed by atoms with Gasteiger partial charge in [-0.25, -0.2) is 0 Å². The highest BCUT2D eigenvalue weighted by atomic mass is 16.5. The van der Waals surface area contributed by atoms with Crippen molar-refractivity contribution >= 4 is 0 Å². The van der Waals surface area contributed by atoms with E-state index in [1.165, 1.54) is 24.0 Å². The molecule has 0 saturated heterocycles. The van der Waals surface area contributed by atoms with Crippen molar-refractivity contribution in [2.24, 2.45) is 0 Å². The number of aryl methyl sites for hydroxylation is 1. The predicted octanol–water partition coefficient (Wildman–Crippen LogP) is 3.66. The first-order chi connectivity index (χ1) is 6.83. The zero-order valence-corrected chi connectivity index (χ0v) is 9.05. The van der Waals surface area contributed by atoms with Gasteiger partial charge in [0.15, 0.2) is 0 Å². The maximum Gasteiger partial charge on any atom is 0.123 e. The Bertz CT molecular complexity index is 313. The molecule has 1 aromatic rings. The lowest BCUT2D eigenvalue weighted by Gasteiger charge is -2.12. The van der Waals surface area contributed by atoms with E-state index >= 15 is 0 Å². The van der Waals surface area contributed by atoms with Crippen LogP contribution in [0.25, 0.3) is 0 Å². The Kier molecular flexibility index (Phi) is 2.76. The van der Waals surface area contributed by atoms with Gasteiger partial charge in [0.2, 0.25) is 0 Å². The lowest BCUT2D eigenvalue weighted by atomic mass is 10.0. The summed E-state index contributed by atoms with van der Waals surface area (Å²) in [5, 5.41) is 0. The van der Waals surface area contributed by atoms with Crippen LogP contribution in [0.4, 0.5) is 0 Å². The molecular weight excluding hydrogens is 172 g/mol.